The molecule has 1 aromatic heterocycles. The fraction of sp³-hybridized carbons (Fsp3) is 0.500. The van der Waals surface area contributed by atoms with Gasteiger partial charge in [0.2, 0.25) is 0 Å². The molecular weight excluding hydrogens is 219 g/mol. The Morgan fingerprint density at radius 3 is 2.73 bits per heavy atom. The van der Waals surface area contributed by atoms with Crippen LogP contribution in [0.1, 0.15) is 0 Å². The molecule has 0 aliphatic heterocycles. The van der Waals surface area contributed by atoms with Crippen molar-refractivity contribution in [2.75, 3.05) is 6.61 Å². The van der Waals surface area contributed by atoms with Gasteiger partial charge in [-0.1, -0.05) is 0 Å². The number of hydrogen-bond donors (Lipinski definition) is 0. The molecule has 0 aromatic carbocycles. The normalized spacial score (nSPS) is 11.5. The average molecular weight is 225 g/mol. The molecule has 0 atom stereocenters. The monoisotopic (exact) mass is 225 g/mol. The van der Waals surface area contributed by atoms with Gasteiger partial charge in [-0.15, -0.1) is 5.10 Å². The Hall–Kier alpha value is -1.80. The maximum absolute atomic E-state index is 11.8. The van der Waals surface area contributed by atoms with Gasteiger partial charge in [-0.2, -0.15) is 13.2 Å². The van der Waals surface area contributed by atoms with Crippen LogP contribution in [0.25, 0.3) is 0 Å². The van der Waals surface area contributed by atoms with E-state index in [0.29, 0.717) is 0 Å². The second-order valence-electron chi connectivity index (χ2n) is 2.65. The molecule has 15 heavy (non-hydrogen) atoms. The number of halogens is 3. The highest BCUT2D eigenvalue weighted by atomic mass is 19.4. The number of alkyl halides is 3. The molecule has 1 aromatic rings. The van der Waals surface area contributed by atoms with Crippen LogP contribution >= 0.6 is 0 Å². The summed E-state index contributed by atoms with van der Waals surface area (Å²) in [4.78, 5) is 9.49. The first-order valence-corrected chi connectivity index (χ1v) is 3.67. The van der Waals surface area contributed by atoms with Crippen LogP contribution < -0.4 is 4.74 Å². The average Bonchev–Trinajstić information content (AvgIpc) is 2.42. The van der Waals surface area contributed by atoms with Crippen molar-refractivity contribution in [2.45, 2.75) is 6.18 Å². The fourth-order valence-electron chi connectivity index (χ4n) is 0.834. The summed E-state index contributed by atoms with van der Waals surface area (Å²) < 4.78 is 40.4. The van der Waals surface area contributed by atoms with Crippen molar-refractivity contribution in [1.82, 2.24) is 9.78 Å². The smallest absolute Gasteiger partial charge is 0.422 e. The van der Waals surface area contributed by atoms with Crippen molar-refractivity contribution in [2.24, 2.45) is 7.05 Å². The number of ether oxygens (including phenoxy) is 1. The minimum Gasteiger partial charge on any atom is -0.462 e. The molecule has 0 amide bonds. The van der Waals surface area contributed by atoms with Crippen LogP contribution in [0.5, 0.6) is 5.88 Å². The van der Waals surface area contributed by atoms with Crippen LogP contribution in [-0.4, -0.2) is 27.5 Å². The number of nitrogens with zero attached hydrogens (tertiary/aromatic N) is 3. The number of hydrogen-bond acceptors (Lipinski definition) is 4. The van der Waals surface area contributed by atoms with Crippen LogP contribution in [0.4, 0.5) is 18.9 Å². The minimum atomic E-state index is -4.55. The topological polar surface area (TPSA) is 70.2 Å². The Morgan fingerprint density at radius 2 is 2.27 bits per heavy atom. The highest BCUT2D eigenvalue weighted by Crippen LogP contribution is 2.26. The van der Waals surface area contributed by atoms with Gasteiger partial charge in [-0.3, -0.25) is 14.8 Å². The van der Waals surface area contributed by atoms with Crippen molar-refractivity contribution >= 4 is 5.69 Å². The van der Waals surface area contributed by atoms with Gasteiger partial charge in [0.15, 0.2) is 6.61 Å². The summed E-state index contributed by atoms with van der Waals surface area (Å²) in [5.41, 5.74) is -0.596. The van der Waals surface area contributed by atoms with E-state index in [1.807, 2.05) is 0 Å². The molecule has 0 aliphatic carbocycles. The molecule has 0 radical (unpaired) electrons. The molecule has 9 heteroatoms. The van der Waals surface area contributed by atoms with Crippen LogP contribution in [0.2, 0.25) is 0 Å². The summed E-state index contributed by atoms with van der Waals surface area (Å²) in [6.45, 7) is -1.61. The first kappa shape index (κ1) is 11.3. The van der Waals surface area contributed by atoms with E-state index in [9.17, 15) is 23.3 Å². The third-order valence-electron chi connectivity index (χ3n) is 1.35. The van der Waals surface area contributed by atoms with Crippen molar-refractivity contribution in [1.29, 1.82) is 0 Å². The maximum atomic E-state index is 11.8. The second kappa shape index (κ2) is 3.75. The summed E-state index contributed by atoms with van der Waals surface area (Å²) in [5, 5.41) is 13.7. The van der Waals surface area contributed by atoms with Crippen LogP contribution in [0.15, 0.2) is 6.20 Å². The fourth-order valence-corrected chi connectivity index (χ4v) is 0.834. The van der Waals surface area contributed by atoms with E-state index in [-0.39, 0.29) is 0 Å². The van der Waals surface area contributed by atoms with Crippen LogP contribution in [0, 0.1) is 10.1 Å². The van der Waals surface area contributed by atoms with Gasteiger partial charge in [0.25, 0.3) is 0 Å². The molecule has 0 saturated carbocycles. The maximum Gasteiger partial charge on any atom is 0.422 e. The van der Waals surface area contributed by atoms with Gasteiger partial charge in [0, 0.05) is 7.05 Å². The van der Waals surface area contributed by atoms with Crippen molar-refractivity contribution in [3.63, 3.8) is 0 Å². The molecule has 6 nitrogen and oxygen atoms in total. The van der Waals surface area contributed by atoms with Gasteiger partial charge < -0.3 is 4.74 Å². The predicted molar refractivity (Wildman–Crippen MR) is 41.4 cm³/mol. The number of nitro groups is 1. The molecule has 0 aliphatic rings. The highest BCUT2D eigenvalue weighted by Gasteiger charge is 2.31. The van der Waals surface area contributed by atoms with E-state index in [4.69, 9.17) is 0 Å². The predicted octanol–water partition coefficient (Wildman–Crippen LogP) is 1.27. The Balaban J connectivity index is 2.80. The number of rotatable bonds is 3. The van der Waals surface area contributed by atoms with Gasteiger partial charge in [0.05, 0.1) is 4.92 Å². The molecule has 0 fully saturated rings. The van der Waals surface area contributed by atoms with Crippen molar-refractivity contribution < 1.29 is 22.8 Å². The van der Waals surface area contributed by atoms with E-state index in [2.05, 4.69) is 9.84 Å². The van der Waals surface area contributed by atoms with Crippen LogP contribution in [-0.2, 0) is 7.05 Å². The molecular formula is C6H6F3N3O3. The van der Waals surface area contributed by atoms with Gasteiger partial charge in [0.1, 0.15) is 6.20 Å². The lowest BCUT2D eigenvalue weighted by molar-refractivity contribution is -0.386. The lowest BCUT2D eigenvalue weighted by Crippen LogP contribution is -2.19. The zero-order chi connectivity index (χ0) is 11.6. The minimum absolute atomic E-state index is 0.596. The van der Waals surface area contributed by atoms with E-state index in [0.717, 1.165) is 10.9 Å². The number of aryl methyl sites for hydroxylation is 1. The summed E-state index contributed by atoms with van der Waals surface area (Å²) in [7, 11) is 1.34. The SMILES string of the molecule is Cn1cc([N+](=O)[O-])c(OCC(F)(F)F)n1. The van der Waals surface area contributed by atoms with Crippen molar-refractivity contribution in [3.8, 4) is 5.88 Å². The lowest BCUT2D eigenvalue weighted by Gasteiger charge is -2.05. The quantitative estimate of drug-likeness (QED) is 0.573. The van der Waals surface area contributed by atoms with E-state index < -0.39 is 29.3 Å². The summed E-state index contributed by atoms with van der Waals surface area (Å²) >= 11 is 0. The molecule has 1 rings (SSSR count). The largest absolute Gasteiger partial charge is 0.462 e. The molecule has 84 valence electrons. The second-order valence-corrected chi connectivity index (χ2v) is 2.65. The number of aromatic nitrogens is 2. The first-order chi connectivity index (χ1) is 6.79. The third-order valence-corrected chi connectivity index (χ3v) is 1.35. The molecule has 0 N–H and O–H groups in total. The zero-order valence-electron chi connectivity index (χ0n) is 7.48. The van der Waals surface area contributed by atoms with Gasteiger partial charge in [-0.25, -0.2) is 0 Å². The first-order valence-electron chi connectivity index (χ1n) is 3.67. The van der Waals surface area contributed by atoms with E-state index in [1.54, 1.807) is 0 Å². The summed E-state index contributed by atoms with van der Waals surface area (Å²) in [6.07, 6.45) is -3.59. The van der Waals surface area contributed by atoms with Crippen LogP contribution in [0.3, 0.4) is 0 Å². The van der Waals surface area contributed by atoms with E-state index >= 15 is 0 Å². The van der Waals surface area contributed by atoms with Gasteiger partial charge >= 0.3 is 17.7 Å². The summed E-state index contributed by atoms with van der Waals surface area (Å²) in [6, 6.07) is 0. The standard InChI is InChI=1S/C6H6F3N3O3/c1-11-2-4(12(13)14)5(10-11)15-3-6(7,8)9/h2H,3H2,1H3. The zero-order valence-corrected chi connectivity index (χ0v) is 7.48. The third kappa shape index (κ3) is 3.11. The van der Waals surface area contributed by atoms with E-state index in [1.165, 1.54) is 7.05 Å². The summed E-state index contributed by atoms with van der Waals surface area (Å²) in [5.74, 6) is -0.639. The molecule has 0 saturated heterocycles. The molecule has 0 bridgehead atoms. The lowest BCUT2D eigenvalue weighted by atomic mass is 10.5. The Bertz CT molecular complexity index is 373. The molecule has 0 unspecified atom stereocenters. The van der Waals surface area contributed by atoms with Gasteiger partial charge in [-0.05, 0) is 0 Å². The highest BCUT2D eigenvalue weighted by molar-refractivity contribution is 5.38. The molecule has 1 heterocycles. The van der Waals surface area contributed by atoms with Crippen molar-refractivity contribution in [3.05, 3.63) is 16.3 Å². The Kier molecular flexibility index (Phi) is 2.82. The molecule has 0 spiro atoms. The Labute approximate surface area is 81.4 Å². The Morgan fingerprint density at radius 1 is 1.67 bits per heavy atom.